The maximum atomic E-state index is 12.5. The van der Waals surface area contributed by atoms with Crippen molar-refractivity contribution >= 4 is 38.3 Å². The molecule has 0 spiro atoms. The van der Waals surface area contributed by atoms with Crippen LogP contribution >= 0.6 is 11.3 Å². The zero-order chi connectivity index (χ0) is 17.5. The summed E-state index contributed by atoms with van der Waals surface area (Å²) in [6.07, 6.45) is 2.51. The van der Waals surface area contributed by atoms with Crippen molar-refractivity contribution in [2.75, 3.05) is 36.5 Å². The SMILES string of the molecule is O=C(Nc1ccc2nc(N3CCOCC3)sc2c1)[C@@H]1C[C@@H]1c1ccco1. The molecular weight excluding hydrogens is 350 g/mol. The van der Waals surface area contributed by atoms with Gasteiger partial charge in [-0.15, -0.1) is 0 Å². The Morgan fingerprint density at radius 1 is 1.27 bits per heavy atom. The molecule has 0 radical (unpaired) electrons. The number of morpholine rings is 1. The summed E-state index contributed by atoms with van der Waals surface area (Å²) in [5, 5.41) is 4.06. The second kappa shape index (κ2) is 6.41. The van der Waals surface area contributed by atoms with Gasteiger partial charge in [0, 0.05) is 30.6 Å². The van der Waals surface area contributed by atoms with E-state index in [-0.39, 0.29) is 17.7 Å². The predicted octanol–water partition coefficient (Wildman–Crippen LogP) is 3.47. The van der Waals surface area contributed by atoms with Gasteiger partial charge in [0.2, 0.25) is 5.91 Å². The number of benzene rings is 1. The minimum Gasteiger partial charge on any atom is -0.469 e. The number of carbonyl (C=O) groups excluding carboxylic acids is 1. The van der Waals surface area contributed by atoms with E-state index in [1.165, 1.54) is 0 Å². The lowest BCUT2D eigenvalue weighted by molar-refractivity contribution is -0.117. The lowest BCUT2D eigenvalue weighted by atomic mass is 10.2. The minimum atomic E-state index is 0.00205. The zero-order valence-electron chi connectivity index (χ0n) is 14.2. The van der Waals surface area contributed by atoms with Gasteiger partial charge in [0.1, 0.15) is 5.76 Å². The van der Waals surface area contributed by atoms with Gasteiger partial charge in [-0.3, -0.25) is 4.79 Å². The number of anilines is 2. The van der Waals surface area contributed by atoms with Gasteiger partial charge < -0.3 is 19.4 Å². The second-order valence-corrected chi connectivity index (χ2v) is 7.74. The smallest absolute Gasteiger partial charge is 0.228 e. The first-order valence-electron chi connectivity index (χ1n) is 8.85. The van der Waals surface area contributed by atoms with E-state index in [0.717, 1.165) is 59.5 Å². The van der Waals surface area contributed by atoms with Crippen LogP contribution in [-0.2, 0) is 9.53 Å². The number of amides is 1. The molecule has 134 valence electrons. The number of hydrogen-bond donors (Lipinski definition) is 1. The molecule has 3 heterocycles. The van der Waals surface area contributed by atoms with Crippen LogP contribution in [-0.4, -0.2) is 37.2 Å². The summed E-state index contributed by atoms with van der Waals surface area (Å²) in [6, 6.07) is 9.72. The molecule has 2 aromatic heterocycles. The number of rotatable bonds is 4. The molecular formula is C19H19N3O3S. The van der Waals surface area contributed by atoms with Crippen molar-refractivity contribution in [1.82, 2.24) is 4.98 Å². The average Bonchev–Trinajstić information content (AvgIpc) is 3.09. The van der Waals surface area contributed by atoms with Crippen LogP contribution in [0.4, 0.5) is 10.8 Å². The lowest BCUT2D eigenvalue weighted by Gasteiger charge is -2.25. The lowest BCUT2D eigenvalue weighted by Crippen LogP contribution is -2.36. The van der Waals surface area contributed by atoms with Crippen molar-refractivity contribution in [2.45, 2.75) is 12.3 Å². The number of fused-ring (bicyclic) bond motifs is 1. The van der Waals surface area contributed by atoms with Crippen LogP contribution in [0.2, 0.25) is 0 Å². The quantitative estimate of drug-likeness (QED) is 0.763. The predicted molar refractivity (Wildman–Crippen MR) is 101 cm³/mol. The third-order valence-electron chi connectivity index (χ3n) is 4.96. The standard InChI is InChI=1S/C19H19N3O3S/c23-18(14-11-13(14)16-2-1-7-25-16)20-12-3-4-15-17(10-12)26-19(21-15)22-5-8-24-9-6-22/h1-4,7,10,13-14H,5-6,8-9,11H2,(H,20,23)/t13-,14+/m0/s1. The normalized spacial score (nSPS) is 22.5. The van der Waals surface area contributed by atoms with E-state index in [4.69, 9.17) is 14.1 Å². The fourth-order valence-corrected chi connectivity index (χ4v) is 4.47. The first-order chi connectivity index (χ1) is 12.8. The zero-order valence-corrected chi connectivity index (χ0v) is 15.0. The van der Waals surface area contributed by atoms with E-state index in [2.05, 4.69) is 10.2 Å². The highest BCUT2D eigenvalue weighted by Gasteiger charge is 2.45. The number of ether oxygens (including phenoxy) is 1. The highest BCUT2D eigenvalue weighted by molar-refractivity contribution is 7.22. The first-order valence-corrected chi connectivity index (χ1v) is 9.67. The Balaban J connectivity index is 1.29. The molecule has 1 saturated heterocycles. The number of carbonyl (C=O) groups is 1. The number of aromatic nitrogens is 1. The Kier molecular flexibility index (Phi) is 3.90. The van der Waals surface area contributed by atoms with Crippen molar-refractivity contribution in [3.05, 3.63) is 42.4 Å². The number of nitrogens with zero attached hydrogens (tertiary/aromatic N) is 2. The Labute approximate surface area is 154 Å². The van der Waals surface area contributed by atoms with Gasteiger partial charge in [0.15, 0.2) is 5.13 Å². The van der Waals surface area contributed by atoms with Crippen molar-refractivity contribution in [3.8, 4) is 0 Å². The topological polar surface area (TPSA) is 67.6 Å². The van der Waals surface area contributed by atoms with Gasteiger partial charge in [0.25, 0.3) is 0 Å². The summed E-state index contributed by atoms with van der Waals surface area (Å²) in [5.41, 5.74) is 1.79. The fraction of sp³-hybridized carbons (Fsp3) is 0.368. The molecule has 2 aliphatic rings. The number of nitrogens with one attached hydrogen (secondary N) is 1. The Bertz CT molecular complexity index is 931. The van der Waals surface area contributed by atoms with Gasteiger partial charge in [-0.1, -0.05) is 11.3 Å². The summed E-state index contributed by atoms with van der Waals surface area (Å²) in [7, 11) is 0. The Hall–Kier alpha value is -2.38. The molecule has 1 N–H and O–H groups in total. The molecule has 7 heteroatoms. The van der Waals surface area contributed by atoms with Crippen LogP contribution in [0.3, 0.4) is 0 Å². The van der Waals surface area contributed by atoms with E-state index < -0.39 is 0 Å². The highest BCUT2D eigenvalue weighted by Crippen LogP contribution is 2.48. The Morgan fingerprint density at radius 3 is 2.96 bits per heavy atom. The molecule has 3 aromatic rings. The van der Waals surface area contributed by atoms with Crippen LogP contribution in [0, 0.1) is 5.92 Å². The second-order valence-electron chi connectivity index (χ2n) is 6.73. The molecule has 1 aromatic carbocycles. The van der Waals surface area contributed by atoms with Crippen molar-refractivity contribution in [3.63, 3.8) is 0 Å². The molecule has 1 aliphatic heterocycles. The fourth-order valence-electron chi connectivity index (χ4n) is 3.42. The third kappa shape index (κ3) is 2.97. The number of furan rings is 1. The maximum Gasteiger partial charge on any atom is 0.228 e. The maximum absolute atomic E-state index is 12.5. The summed E-state index contributed by atoms with van der Waals surface area (Å²) < 4.78 is 11.9. The van der Waals surface area contributed by atoms with Gasteiger partial charge in [-0.25, -0.2) is 4.98 Å². The summed E-state index contributed by atoms with van der Waals surface area (Å²) >= 11 is 1.66. The van der Waals surface area contributed by atoms with E-state index in [1.807, 2.05) is 30.3 Å². The number of thiazole rings is 1. The van der Waals surface area contributed by atoms with Crippen molar-refractivity contribution < 1.29 is 13.9 Å². The monoisotopic (exact) mass is 369 g/mol. The molecule has 1 amide bonds. The molecule has 2 fully saturated rings. The molecule has 0 unspecified atom stereocenters. The Morgan fingerprint density at radius 2 is 2.15 bits per heavy atom. The van der Waals surface area contributed by atoms with Crippen LogP contribution in [0.5, 0.6) is 0 Å². The van der Waals surface area contributed by atoms with Crippen molar-refractivity contribution in [2.24, 2.45) is 5.92 Å². The molecule has 2 atom stereocenters. The van der Waals surface area contributed by atoms with E-state index in [9.17, 15) is 4.79 Å². The summed E-state index contributed by atoms with van der Waals surface area (Å²) in [6.45, 7) is 3.24. The van der Waals surface area contributed by atoms with E-state index >= 15 is 0 Å². The summed E-state index contributed by atoms with van der Waals surface area (Å²) in [5.74, 6) is 1.18. The minimum absolute atomic E-state index is 0.00205. The van der Waals surface area contributed by atoms with Crippen molar-refractivity contribution in [1.29, 1.82) is 0 Å². The molecule has 1 aliphatic carbocycles. The molecule has 5 rings (SSSR count). The van der Waals surface area contributed by atoms with Gasteiger partial charge >= 0.3 is 0 Å². The van der Waals surface area contributed by atoms with Gasteiger partial charge in [-0.05, 0) is 36.8 Å². The molecule has 0 bridgehead atoms. The van der Waals surface area contributed by atoms with Crippen LogP contribution in [0.15, 0.2) is 41.0 Å². The van der Waals surface area contributed by atoms with Crippen LogP contribution in [0.1, 0.15) is 18.1 Å². The highest BCUT2D eigenvalue weighted by atomic mass is 32.1. The van der Waals surface area contributed by atoms with Crippen LogP contribution < -0.4 is 10.2 Å². The first kappa shape index (κ1) is 15.8. The average molecular weight is 369 g/mol. The van der Waals surface area contributed by atoms with Gasteiger partial charge in [0.05, 0.1) is 29.7 Å². The molecule has 1 saturated carbocycles. The van der Waals surface area contributed by atoms with E-state index in [0.29, 0.717) is 0 Å². The molecule has 26 heavy (non-hydrogen) atoms. The third-order valence-corrected chi connectivity index (χ3v) is 6.04. The molecule has 6 nitrogen and oxygen atoms in total. The summed E-state index contributed by atoms with van der Waals surface area (Å²) in [4.78, 5) is 19.5. The largest absolute Gasteiger partial charge is 0.469 e. The van der Waals surface area contributed by atoms with E-state index in [1.54, 1.807) is 17.6 Å². The number of hydrogen-bond acceptors (Lipinski definition) is 6. The van der Waals surface area contributed by atoms with Crippen LogP contribution in [0.25, 0.3) is 10.2 Å². The van der Waals surface area contributed by atoms with Gasteiger partial charge in [-0.2, -0.15) is 0 Å².